The molecule has 1 aliphatic rings. The molecule has 2 aromatic rings. The molecule has 5 heteroatoms. The van der Waals surface area contributed by atoms with Crippen molar-refractivity contribution in [3.8, 4) is 0 Å². The van der Waals surface area contributed by atoms with Gasteiger partial charge in [-0.1, -0.05) is 24.3 Å². The Hall–Kier alpha value is -2.14. The van der Waals surface area contributed by atoms with Gasteiger partial charge in [0.25, 0.3) is 5.91 Å². The van der Waals surface area contributed by atoms with Gasteiger partial charge >= 0.3 is 0 Å². The number of hydrogen-bond acceptors (Lipinski definition) is 4. The van der Waals surface area contributed by atoms with Crippen LogP contribution in [-0.4, -0.2) is 53.4 Å². The molecule has 1 aliphatic heterocycles. The van der Waals surface area contributed by atoms with Gasteiger partial charge < -0.3 is 15.5 Å². The maximum absolute atomic E-state index is 12.7. The van der Waals surface area contributed by atoms with Gasteiger partial charge in [-0.3, -0.25) is 4.79 Å². The summed E-state index contributed by atoms with van der Waals surface area (Å²) in [6.07, 6.45) is 0. The highest BCUT2D eigenvalue weighted by molar-refractivity contribution is 6.00. The first-order valence-corrected chi connectivity index (χ1v) is 7.21. The van der Waals surface area contributed by atoms with Crippen LogP contribution in [0.1, 0.15) is 17.4 Å². The van der Waals surface area contributed by atoms with Crippen molar-refractivity contribution in [2.75, 3.05) is 32.4 Å². The van der Waals surface area contributed by atoms with Crippen molar-refractivity contribution in [2.45, 2.75) is 13.0 Å². The normalized spacial score (nSPS) is 19.9. The smallest absolute Gasteiger partial charge is 0.272 e. The minimum atomic E-state index is -0.0342. The molecule has 0 spiro atoms. The molecule has 5 nitrogen and oxygen atoms in total. The number of fused-ring (bicyclic) bond motifs is 1. The summed E-state index contributed by atoms with van der Waals surface area (Å²) in [5, 5.41) is 1.84. The summed E-state index contributed by atoms with van der Waals surface area (Å²) in [7, 11) is 2.07. The molecule has 110 valence electrons. The zero-order valence-corrected chi connectivity index (χ0v) is 12.4. The molecule has 1 aromatic carbocycles. The van der Waals surface area contributed by atoms with Crippen molar-refractivity contribution < 1.29 is 4.79 Å². The summed E-state index contributed by atoms with van der Waals surface area (Å²) < 4.78 is 0. The van der Waals surface area contributed by atoms with E-state index in [0.29, 0.717) is 11.5 Å². The molecular weight excluding hydrogens is 264 g/mol. The van der Waals surface area contributed by atoms with Crippen molar-refractivity contribution in [3.63, 3.8) is 0 Å². The van der Waals surface area contributed by atoms with Crippen LogP contribution in [-0.2, 0) is 0 Å². The van der Waals surface area contributed by atoms with E-state index in [2.05, 4.69) is 23.9 Å². The zero-order valence-electron chi connectivity index (χ0n) is 12.4. The highest BCUT2D eigenvalue weighted by Gasteiger charge is 2.27. The molecule has 1 amide bonds. The fourth-order valence-corrected chi connectivity index (χ4v) is 2.92. The molecule has 21 heavy (non-hydrogen) atoms. The molecule has 0 aliphatic carbocycles. The third-order valence-corrected chi connectivity index (χ3v) is 4.08. The molecule has 2 heterocycles. The minimum absolute atomic E-state index is 0.0342. The highest BCUT2D eigenvalue weighted by atomic mass is 16.2. The Bertz CT molecular complexity index is 685. The van der Waals surface area contributed by atoms with Crippen molar-refractivity contribution in [1.82, 2.24) is 14.8 Å². The SMILES string of the molecule is CC1CN(C)CCN1C(=O)c1cc2ccccc2c(N)n1. The van der Waals surface area contributed by atoms with E-state index >= 15 is 0 Å². The number of carbonyl (C=O) groups is 1. The second-order valence-electron chi connectivity index (χ2n) is 5.72. The zero-order chi connectivity index (χ0) is 15.0. The standard InChI is InChI=1S/C16H20N4O/c1-11-10-19(2)7-8-20(11)16(21)14-9-12-5-3-4-6-13(12)15(17)18-14/h3-6,9,11H,7-8,10H2,1-2H3,(H2,17,18). The van der Waals surface area contributed by atoms with Crippen molar-refractivity contribution in [3.05, 3.63) is 36.0 Å². The Labute approximate surface area is 124 Å². The average molecular weight is 284 g/mol. The maximum atomic E-state index is 12.7. The number of hydrogen-bond donors (Lipinski definition) is 1. The van der Waals surface area contributed by atoms with Gasteiger partial charge in [0.15, 0.2) is 0 Å². The van der Waals surface area contributed by atoms with Crippen LogP contribution in [0.15, 0.2) is 30.3 Å². The van der Waals surface area contributed by atoms with E-state index in [1.807, 2.05) is 35.2 Å². The van der Waals surface area contributed by atoms with Gasteiger partial charge in [0.05, 0.1) is 0 Å². The van der Waals surface area contributed by atoms with Gasteiger partial charge in [-0.05, 0) is 25.4 Å². The minimum Gasteiger partial charge on any atom is -0.383 e. The molecule has 2 N–H and O–H groups in total. The first-order chi connectivity index (χ1) is 10.1. The van der Waals surface area contributed by atoms with E-state index in [1.54, 1.807) is 0 Å². The van der Waals surface area contributed by atoms with E-state index < -0.39 is 0 Å². The number of carbonyl (C=O) groups excluding carboxylic acids is 1. The molecule has 3 rings (SSSR count). The monoisotopic (exact) mass is 284 g/mol. The number of benzene rings is 1. The second kappa shape index (κ2) is 5.33. The first-order valence-electron chi connectivity index (χ1n) is 7.21. The molecule has 1 atom stereocenters. The number of pyridine rings is 1. The molecule has 1 fully saturated rings. The fourth-order valence-electron chi connectivity index (χ4n) is 2.92. The van der Waals surface area contributed by atoms with Gasteiger partial charge in [0.2, 0.25) is 0 Å². The summed E-state index contributed by atoms with van der Waals surface area (Å²) in [6, 6.07) is 9.76. The Kier molecular flexibility index (Phi) is 3.51. The number of piperazine rings is 1. The second-order valence-corrected chi connectivity index (χ2v) is 5.72. The van der Waals surface area contributed by atoms with Gasteiger partial charge in [0, 0.05) is 31.1 Å². The number of nitrogens with two attached hydrogens (primary N) is 1. The number of nitrogen functional groups attached to an aromatic ring is 1. The van der Waals surface area contributed by atoms with Crippen LogP contribution in [0.25, 0.3) is 10.8 Å². The lowest BCUT2D eigenvalue weighted by Gasteiger charge is -2.38. The van der Waals surface area contributed by atoms with Gasteiger partial charge in [-0.15, -0.1) is 0 Å². The third-order valence-electron chi connectivity index (χ3n) is 4.08. The van der Waals surface area contributed by atoms with Gasteiger partial charge in [-0.2, -0.15) is 0 Å². The summed E-state index contributed by atoms with van der Waals surface area (Å²) >= 11 is 0. The quantitative estimate of drug-likeness (QED) is 0.864. The molecular formula is C16H20N4O. The van der Waals surface area contributed by atoms with Crippen LogP contribution >= 0.6 is 0 Å². The van der Waals surface area contributed by atoms with Crippen LogP contribution < -0.4 is 5.73 Å². The Morgan fingerprint density at radius 2 is 2.10 bits per heavy atom. The summed E-state index contributed by atoms with van der Waals surface area (Å²) in [5.74, 6) is 0.381. The van der Waals surface area contributed by atoms with Crippen molar-refractivity contribution >= 4 is 22.5 Å². The van der Waals surface area contributed by atoms with Crippen LogP contribution in [0.4, 0.5) is 5.82 Å². The third kappa shape index (κ3) is 2.56. The van der Waals surface area contributed by atoms with Gasteiger partial charge in [-0.25, -0.2) is 4.98 Å². The summed E-state index contributed by atoms with van der Waals surface area (Å²) in [4.78, 5) is 21.1. The Balaban J connectivity index is 1.94. The fraction of sp³-hybridized carbons (Fsp3) is 0.375. The lowest BCUT2D eigenvalue weighted by atomic mass is 10.1. The van der Waals surface area contributed by atoms with E-state index in [-0.39, 0.29) is 11.9 Å². The Morgan fingerprint density at radius 1 is 1.33 bits per heavy atom. The largest absolute Gasteiger partial charge is 0.383 e. The van der Waals surface area contributed by atoms with Crippen LogP contribution in [0.5, 0.6) is 0 Å². The van der Waals surface area contributed by atoms with Crippen molar-refractivity contribution in [1.29, 1.82) is 0 Å². The lowest BCUT2D eigenvalue weighted by molar-refractivity contribution is 0.0528. The molecule has 1 unspecified atom stereocenters. The summed E-state index contributed by atoms with van der Waals surface area (Å²) in [6.45, 7) is 4.57. The van der Waals surface area contributed by atoms with Crippen molar-refractivity contribution in [2.24, 2.45) is 0 Å². The lowest BCUT2D eigenvalue weighted by Crippen LogP contribution is -2.52. The maximum Gasteiger partial charge on any atom is 0.272 e. The van der Waals surface area contributed by atoms with Crippen LogP contribution in [0.3, 0.4) is 0 Å². The molecule has 0 radical (unpaired) electrons. The molecule has 0 bridgehead atoms. The molecule has 0 saturated carbocycles. The molecule has 1 aromatic heterocycles. The first kappa shape index (κ1) is 13.8. The number of nitrogens with zero attached hydrogens (tertiary/aromatic N) is 3. The van der Waals surface area contributed by atoms with E-state index in [1.165, 1.54) is 0 Å². The number of aromatic nitrogens is 1. The van der Waals surface area contributed by atoms with Crippen LogP contribution in [0, 0.1) is 0 Å². The predicted octanol–water partition coefficient (Wildman–Crippen LogP) is 1.59. The number of anilines is 1. The Morgan fingerprint density at radius 3 is 2.86 bits per heavy atom. The topological polar surface area (TPSA) is 62.5 Å². The highest BCUT2D eigenvalue weighted by Crippen LogP contribution is 2.21. The van der Waals surface area contributed by atoms with Gasteiger partial charge in [0.1, 0.15) is 11.5 Å². The molecule has 1 saturated heterocycles. The van der Waals surface area contributed by atoms with E-state index in [9.17, 15) is 4.79 Å². The van der Waals surface area contributed by atoms with E-state index in [0.717, 1.165) is 30.4 Å². The number of likely N-dealkylation sites (N-methyl/N-ethyl adjacent to an activating group) is 1. The number of amides is 1. The van der Waals surface area contributed by atoms with E-state index in [4.69, 9.17) is 5.73 Å². The average Bonchev–Trinajstić information content (AvgIpc) is 2.46. The summed E-state index contributed by atoms with van der Waals surface area (Å²) in [5.41, 5.74) is 6.42. The number of rotatable bonds is 1. The van der Waals surface area contributed by atoms with Crippen LogP contribution in [0.2, 0.25) is 0 Å². The predicted molar refractivity (Wildman–Crippen MR) is 84.2 cm³/mol.